The molecule has 96 valence electrons. The molecule has 0 saturated heterocycles. The lowest BCUT2D eigenvalue weighted by atomic mass is 10.1. The number of carbonyl (C=O) groups excluding carboxylic acids is 1. The number of aliphatic hydroxyl groups is 2. The van der Waals surface area contributed by atoms with Gasteiger partial charge < -0.3 is 15.9 Å². The molecule has 0 spiro atoms. The number of aromatic nitrogens is 3. The van der Waals surface area contributed by atoms with Crippen LogP contribution in [0.4, 0.5) is 0 Å². The fourth-order valence-electron chi connectivity index (χ4n) is 1.59. The highest BCUT2D eigenvalue weighted by Crippen LogP contribution is 2.20. The number of hydrogen-bond acceptors (Lipinski definition) is 5. The fourth-order valence-corrected chi connectivity index (χ4v) is 1.72. The summed E-state index contributed by atoms with van der Waals surface area (Å²) in [6.07, 6.45) is -1.63. The number of amides is 1. The quantitative estimate of drug-likeness (QED) is 0.703. The highest BCUT2D eigenvalue weighted by molar-refractivity contribution is 6.29. The average molecular weight is 271 g/mol. The Kier molecular flexibility index (Phi) is 3.46. The molecular formula is C10H11ClN4O3. The van der Waals surface area contributed by atoms with Gasteiger partial charge in [-0.2, -0.15) is 5.10 Å². The highest BCUT2D eigenvalue weighted by atomic mass is 35.5. The zero-order valence-corrected chi connectivity index (χ0v) is 9.95. The Morgan fingerprint density at radius 2 is 2.22 bits per heavy atom. The second kappa shape index (κ2) is 4.89. The summed E-state index contributed by atoms with van der Waals surface area (Å²) < 4.78 is 1.30. The molecule has 0 aliphatic heterocycles. The minimum Gasteiger partial charge on any atom is -0.389 e. The molecule has 1 amide bonds. The number of nitrogens with two attached hydrogens (primary N) is 1. The number of carbonyl (C=O) groups is 1. The molecule has 0 saturated carbocycles. The van der Waals surface area contributed by atoms with Crippen molar-refractivity contribution >= 4 is 23.2 Å². The van der Waals surface area contributed by atoms with Crippen LogP contribution in [0.5, 0.6) is 0 Å². The molecule has 7 nitrogen and oxygen atoms in total. The molecule has 0 aromatic carbocycles. The lowest BCUT2D eigenvalue weighted by Crippen LogP contribution is -2.26. The third kappa shape index (κ3) is 2.42. The van der Waals surface area contributed by atoms with Crippen molar-refractivity contribution in [1.82, 2.24) is 14.6 Å². The van der Waals surface area contributed by atoms with Crippen molar-refractivity contribution in [2.24, 2.45) is 5.73 Å². The average Bonchev–Trinajstić information content (AvgIpc) is 2.69. The van der Waals surface area contributed by atoms with Crippen molar-refractivity contribution in [3.05, 3.63) is 29.2 Å². The van der Waals surface area contributed by atoms with Crippen LogP contribution in [0.1, 0.15) is 18.2 Å². The number of aliphatic hydroxyl groups excluding tert-OH is 2. The predicted octanol–water partition coefficient (Wildman–Crippen LogP) is -0.348. The SMILES string of the molecule is NC(=O)CC(O)C(O)c1cnc2ccc(Cl)nn12. The molecule has 18 heavy (non-hydrogen) atoms. The summed E-state index contributed by atoms with van der Waals surface area (Å²) in [5.74, 6) is -0.707. The Labute approximate surface area is 107 Å². The van der Waals surface area contributed by atoms with E-state index in [1.165, 1.54) is 10.7 Å². The van der Waals surface area contributed by atoms with Crippen molar-refractivity contribution < 1.29 is 15.0 Å². The maximum atomic E-state index is 10.7. The molecular weight excluding hydrogens is 260 g/mol. The smallest absolute Gasteiger partial charge is 0.220 e. The number of nitrogens with zero attached hydrogens (tertiary/aromatic N) is 3. The van der Waals surface area contributed by atoms with Gasteiger partial charge in [0.1, 0.15) is 11.3 Å². The Morgan fingerprint density at radius 1 is 1.50 bits per heavy atom. The standard InChI is InChI=1S/C10H11ClN4O3/c11-7-1-2-9-13-4-5(15(9)14-7)10(18)6(16)3-8(12)17/h1-2,4,6,10,16,18H,3H2,(H2,12,17). The monoisotopic (exact) mass is 270 g/mol. The summed E-state index contributed by atoms with van der Waals surface area (Å²) in [5.41, 5.74) is 5.66. The molecule has 2 rings (SSSR count). The zero-order valence-electron chi connectivity index (χ0n) is 9.19. The van der Waals surface area contributed by atoms with Crippen LogP contribution in [-0.4, -0.2) is 36.8 Å². The fraction of sp³-hybridized carbons (Fsp3) is 0.300. The molecule has 0 aliphatic rings. The Hall–Kier alpha value is -1.70. The van der Waals surface area contributed by atoms with Gasteiger partial charge in [-0.25, -0.2) is 9.50 Å². The van der Waals surface area contributed by atoms with Gasteiger partial charge in [-0.1, -0.05) is 11.6 Å². The van der Waals surface area contributed by atoms with Gasteiger partial charge in [-0.05, 0) is 12.1 Å². The number of fused-ring (bicyclic) bond motifs is 1. The van der Waals surface area contributed by atoms with Crippen molar-refractivity contribution in [3.8, 4) is 0 Å². The number of rotatable bonds is 4. The summed E-state index contributed by atoms with van der Waals surface area (Å²) in [5, 5.41) is 23.7. The summed E-state index contributed by atoms with van der Waals surface area (Å²) in [4.78, 5) is 14.7. The maximum Gasteiger partial charge on any atom is 0.220 e. The van der Waals surface area contributed by atoms with Crippen LogP contribution in [0.2, 0.25) is 5.15 Å². The first-order valence-corrected chi connectivity index (χ1v) is 5.51. The minimum absolute atomic E-state index is 0.221. The van der Waals surface area contributed by atoms with Gasteiger partial charge in [0.15, 0.2) is 5.65 Å². The van der Waals surface area contributed by atoms with Gasteiger partial charge >= 0.3 is 0 Å². The third-order valence-electron chi connectivity index (χ3n) is 2.43. The van der Waals surface area contributed by atoms with E-state index in [9.17, 15) is 15.0 Å². The van der Waals surface area contributed by atoms with Crippen LogP contribution in [0.3, 0.4) is 0 Å². The predicted molar refractivity (Wildman–Crippen MR) is 62.8 cm³/mol. The summed E-state index contributed by atoms with van der Waals surface area (Å²) in [6, 6.07) is 3.17. The molecule has 2 aromatic heterocycles. The third-order valence-corrected chi connectivity index (χ3v) is 2.64. The van der Waals surface area contributed by atoms with Crippen LogP contribution in [0.25, 0.3) is 5.65 Å². The van der Waals surface area contributed by atoms with E-state index in [0.717, 1.165) is 0 Å². The van der Waals surface area contributed by atoms with E-state index in [4.69, 9.17) is 17.3 Å². The van der Waals surface area contributed by atoms with E-state index >= 15 is 0 Å². The molecule has 4 N–H and O–H groups in total. The zero-order chi connectivity index (χ0) is 13.3. The van der Waals surface area contributed by atoms with Crippen molar-refractivity contribution in [1.29, 1.82) is 0 Å². The van der Waals surface area contributed by atoms with Crippen LogP contribution in [0, 0.1) is 0 Å². The molecule has 0 aliphatic carbocycles. The van der Waals surface area contributed by atoms with Crippen molar-refractivity contribution in [2.45, 2.75) is 18.6 Å². The van der Waals surface area contributed by atoms with Crippen LogP contribution in [0.15, 0.2) is 18.3 Å². The lowest BCUT2D eigenvalue weighted by molar-refractivity contribution is -0.121. The second-order valence-electron chi connectivity index (χ2n) is 3.79. The van der Waals surface area contributed by atoms with Gasteiger partial charge in [0.2, 0.25) is 5.91 Å². The van der Waals surface area contributed by atoms with E-state index in [1.54, 1.807) is 12.1 Å². The number of halogens is 1. The Morgan fingerprint density at radius 3 is 2.89 bits per heavy atom. The van der Waals surface area contributed by atoms with Gasteiger partial charge in [-0.3, -0.25) is 4.79 Å². The van der Waals surface area contributed by atoms with Gasteiger partial charge in [0, 0.05) is 0 Å². The first kappa shape index (κ1) is 12.7. The molecule has 0 bridgehead atoms. The minimum atomic E-state index is -1.32. The highest BCUT2D eigenvalue weighted by Gasteiger charge is 2.24. The number of primary amides is 1. The van der Waals surface area contributed by atoms with Crippen molar-refractivity contribution in [3.63, 3.8) is 0 Å². The topological polar surface area (TPSA) is 114 Å². The van der Waals surface area contributed by atoms with E-state index in [2.05, 4.69) is 10.1 Å². The lowest BCUT2D eigenvalue weighted by Gasteiger charge is -2.15. The molecule has 2 atom stereocenters. The summed E-state index contributed by atoms with van der Waals surface area (Å²) in [6.45, 7) is 0. The van der Waals surface area contributed by atoms with Crippen LogP contribution < -0.4 is 5.73 Å². The van der Waals surface area contributed by atoms with E-state index in [0.29, 0.717) is 5.65 Å². The van der Waals surface area contributed by atoms with E-state index in [1.807, 2.05) is 0 Å². The number of hydrogen-bond donors (Lipinski definition) is 3. The van der Waals surface area contributed by atoms with E-state index < -0.39 is 18.1 Å². The molecule has 2 unspecified atom stereocenters. The molecule has 2 aromatic rings. The van der Waals surface area contributed by atoms with Gasteiger partial charge in [0.25, 0.3) is 0 Å². The Balaban J connectivity index is 2.35. The molecule has 0 radical (unpaired) electrons. The normalized spacial score (nSPS) is 14.6. The largest absolute Gasteiger partial charge is 0.389 e. The molecule has 0 fully saturated rings. The molecule has 2 heterocycles. The first-order chi connectivity index (χ1) is 8.49. The number of imidazole rings is 1. The van der Waals surface area contributed by atoms with Crippen LogP contribution in [-0.2, 0) is 4.79 Å². The Bertz CT molecular complexity index is 586. The van der Waals surface area contributed by atoms with Gasteiger partial charge in [-0.15, -0.1) is 0 Å². The van der Waals surface area contributed by atoms with Crippen molar-refractivity contribution in [2.75, 3.05) is 0 Å². The molecule has 8 heteroatoms. The second-order valence-corrected chi connectivity index (χ2v) is 4.18. The summed E-state index contributed by atoms with van der Waals surface area (Å²) in [7, 11) is 0. The van der Waals surface area contributed by atoms with Gasteiger partial charge in [0.05, 0.1) is 24.4 Å². The maximum absolute atomic E-state index is 10.7. The van der Waals surface area contributed by atoms with Crippen LogP contribution >= 0.6 is 11.6 Å². The first-order valence-electron chi connectivity index (χ1n) is 5.13. The summed E-state index contributed by atoms with van der Waals surface area (Å²) >= 11 is 5.74. The van der Waals surface area contributed by atoms with E-state index in [-0.39, 0.29) is 17.3 Å².